The second-order valence-electron chi connectivity index (χ2n) is 6.48. The number of rotatable bonds is 3. The summed E-state index contributed by atoms with van der Waals surface area (Å²) in [6, 6.07) is 9.64. The highest BCUT2D eigenvalue weighted by molar-refractivity contribution is 6.00. The van der Waals surface area contributed by atoms with Crippen LogP contribution in [0.5, 0.6) is 0 Å². The number of carbonyl (C=O) groups excluding carboxylic acids is 2. The number of benzene rings is 1. The van der Waals surface area contributed by atoms with Gasteiger partial charge in [-0.2, -0.15) is 0 Å². The van der Waals surface area contributed by atoms with Gasteiger partial charge in [0, 0.05) is 50.1 Å². The lowest BCUT2D eigenvalue weighted by atomic mass is 10.0. The monoisotopic (exact) mass is 324 g/mol. The Balaban J connectivity index is 1.38. The van der Waals surface area contributed by atoms with Crippen molar-refractivity contribution in [3.8, 4) is 0 Å². The number of para-hydroxylation sites is 1. The van der Waals surface area contributed by atoms with E-state index in [2.05, 4.69) is 14.9 Å². The predicted octanol–water partition coefficient (Wildman–Crippen LogP) is 1.37. The lowest BCUT2D eigenvalue weighted by molar-refractivity contribution is -0.127. The van der Waals surface area contributed by atoms with Crippen LogP contribution < -0.4 is 10.2 Å². The van der Waals surface area contributed by atoms with E-state index >= 15 is 0 Å². The van der Waals surface area contributed by atoms with Crippen LogP contribution in [0.2, 0.25) is 0 Å². The minimum absolute atomic E-state index is 0.0156. The maximum absolute atomic E-state index is 12.6. The molecule has 2 aromatic rings. The van der Waals surface area contributed by atoms with Crippen LogP contribution in [-0.4, -0.2) is 34.0 Å². The molecule has 2 aliphatic rings. The number of nitrogens with zero attached hydrogens (tertiary/aromatic N) is 3. The molecule has 0 radical (unpaired) electrons. The first-order valence-corrected chi connectivity index (χ1v) is 8.36. The Kier molecular flexibility index (Phi) is 3.80. The number of aryl methyl sites for hydroxylation is 1. The molecule has 4 rings (SSSR count). The first kappa shape index (κ1) is 14.9. The van der Waals surface area contributed by atoms with Gasteiger partial charge in [-0.25, -0.2) is 4.98 Å². The molecule has 1 saturated heterocycles. The van der Waals surface area contributed by atoms with Gasteiger partial charge in [-0.1, -0.05) is 18.2 Å². The number of imidazole rings is 1. The van der Waals surface area contributed by atoms with Gasteiger partial charge in [0.2, 0.25) is 11.8 Å². The topological polar surface area (TPSA) is 67.2 Å². The molecule has 1 aromatic heterocycles. The largest absolute Gasteiger partial charge is 0.351 e. The molecular formula is C18H20N4O2. The number of aromatic nitrogens is 2. The van der Waals surface area contributed by atoms with Gasteiger partial charge < -0.3 is 14.8 Å². The minimum Gasteiger partial charge on any atom is -0.351 e. The molecule has 1 aromatic carbocycles. The molecule has 1 N–H and O–H groups in total. The van der Waals surface area contributed by atoms with Crippen molar-refractivity contribution in [3.05, 3.63) is 48.5 Å². The molecule has 2 amide bonds. The third kappa shape index (κ3) is 2.79. The van der Waals surface area contributed by atoms with E-state index in [1.165, 1.54) is 0 Å². The zero-order valence-corrected chi connectivity index (χ0v) is 13.4. The minimum atomic E-state index is -0.276. The van der Waals surface area contributed by atoms with E-state index in [1.54, 1.807) is 11.1 Å². The van der Waals surface area contributed by atoms with Crippen LogP contribution in [0.4, 0.5) is 5.69 Å². The van der Waals surface area contributed by atoms with Crippen molar-refractivity contribution in [3.63, 3.8) is 0 Å². The fraction of sp³-hybridized carbons (Fsp3) is 0.389. The van der Waals surface area contributed by atoms with Crippen molar-refractivity contribution in [1.82, 2.24) is 14.9 Å². The lowest BCUT2D eigenvalue weighted by Crippen LogP contribution is -2.44. The van der Waals surface area contributed by atoms with Crippen molar-refractivity contribution < 1.29 is 9.59 Å². The molecule has 6 heteroatoms. The SMILES string of the molecule is O=C(N[C@@H]1CCc2nccn2C1)[C@@H]1CC(=O)N(c2ccccc2)C1. The molecule has 3 heterocycles. The van der Waals surface area contributed by atoms with E-state index in [0.29, 0.717) is 6.54 Å². The molecule has 2 aliphatic heterocycles. The first-order chi connectivity index (χ1) is 11.7. The maximum Gasteiger partial charge on any atom is 0.227 e. The van der Waals surface area contributed by atoms with Crippen LogP contribution in [0.3, 0.4) is 0 Å². The van der Waals surface area contributed by atoms with Gasteiger partial charge in [0.15, 0.2) is 0 Å². The number of hydrogen-bond acceptors (Lipinski definition) is 3. The molecule has 0 unspecified atom stereocenters. The first-order valence-electron chi connectivity index (χ1n) is 8.36. The summed E-state index contributed by atoms with van der Waals surface area (Å²) in [7, 11) is 0. The van der Waals surface area contributed by atoms with Gasteiger partial charge in [-0.3, -0.25) is 9.59 Å². The molecule has 2 atom stereocenters. The van der Waals surface area contributed by atoms with E-state index in [1.807, 2.05) is 36.5 Å². The zero-order chi connectivity index (χ0) is 16.5. The van der Waals surface area contributed by atoms with Gasteiger partial charge in [0.05, 0.1) is 5.92 Å². The van der Waals surface area contributed by atoms with Crippen LogP contribution in [0.1, 0.15) is 18.7 Å². The Morgan fingerprint density at radius 1 is 1.21 bits per heavy atom. The number of anilines is 1. The standard InChI is InChI=1S/C18H20N4O2/c23-17-10-13(11-22(17)15-4-2-1-3-5-15)18(24)20-14-6-7-16-19-8-9-21(16)12-14/h1-5,8-9,13-14H,6-7,10-12H2,(H,20,24)/t13-,14-/m1/s1. The second-order valence-corrected chi connectivity index (χ2v) is 6.48. The van der Waals surface area contributed by atoms with Crippen LogP contribution in [0.25, 0.3) is 0 Å². The van der Waals surface area contributed by atoms with Crippen LogP contribution >= 0.6 is 0 Å². The molecule has 0 spiro atoms. The van der Waals surface area contributed by atoms with Crippen LogP contribution in [0, 0.1) is 5.92 Å². The summed E-state index contributed by atoms with van der Waals surface area (Å²) in [5.41, 5.74) is 0.860. The molecule has 0 saturated carbocycles. The van der Waals surface area contributed by atoms with Crippen molar-refractivity contribution in [2.75, 3.05) is 11.4 Å². The number of carbonyl (C=O) groups is 2. The van der Waals surface area contributed by atoms with E-state index < -0.39 is 0 Å². The van der Waals surface area contributed by atoms with E-state index in [0.717, 1.165) is 30.9 Å². The Hall–Kier alpha value is -2.63. The van der Waals surface area contributed by atoms with Gasteiger partial charge in [0.25, 0.3) is 0 Å². The fourth-order valence-electron chi connectivity index (χ4n) is 3.54. The van der Waals surface area contributed by atoms with Gasteiger partial charge >= 0.3 is 0 Å². The van der Waals surface area contributed by atoms with Gasteiger partial charge in [-0.15, -0.1) is 0 Å². The quantitative estimate of drug-likeness (QED) is 0.927. The lowest BCUT2D eigenvalue weighted by Gasteiger charge is -2.26. The second kappa shape index (κ2) is 6.11. The van der Waals surface area contributed by atoms with E-state index in [-0.39, 0.29) is 30.2 Å². The number of hydrogen-bond donors (Lipinski definition) is 1. The van der Waals surface area contributed by atoms with Crippen molar-refractivity contribution >= 4 is 17.5 Å². The molecule has 0 aliphatic carbocycles. The summed E-state index contributed by atoms with van der Waals surface area (Å²) >= 11 is 0. The Morgan fingerprint density at radius 3 is 2.88 bits per heavy atom. The molecule has 24 heavy (non-hydrogen) atoms. The van der Waals surface area contributed by atoms with Crippen molar-refractivity contribution in [2.24, 2.45) is 5.92 Å². The third-order valence-corrected chi connectivity index (χ3v) is 4.85. The van der Waals surface area contributed by atoms with Crippen LogP contribution in [0.15, 0.2) is 42.7 Å². The zero-order valence-electron chi connectivity index (χ0n) is 13.4. The summed E-state index contributed by atoms with van der Waals surface area (Å²) in [4.78, 5) is 30.8. The molecule has 0 bridgehead atoms. The summed E-state index contributed by atoms with van der Waals surface area (Å²) in [5.74, 6) is 0.797. The number of nitrogens with one attached hydrogen (secondary N) is 1. The Morgan fingerprint density at radius 2 is 2.04 bits per heavy atom. The Labute approximate surface area is 140 Å². The van der Waals surface area contributed by atoms with Crippen molar-refractivity contribution in [1.29, 1.82) is 0 Å². The molecule has 1 fully saturated rings. The third-order valence-electron chi connectivity index (χ3n) is 4.85. The van der Waals surface area contributed by atoms with E-state index in [9.17, 15) is 9.59 Å². The highest BCUT2D eigenvalue weighted by atomic mass is 16.2. The number of fused-ring (bicyclic) bond motifs is 1. The summed E-state index contributed by atoms with van der Waals surface area (Å²) in [5, 5.41) is 3.12. The molecule has 124 valence electrons. The average Bonchev–Trinajstić information content (AvgIpc) is 3.21. The normalized spacial score (nSPS) is 23.2. The number of amides is 2. The average molecular weight is 324 g/mol. The fourth-order valence-corrected chi connectivity index (χ4v) is 3.54. The smallest absolute Gasteiger partial charge is 0.227 e. The Bertz CT molecular complexity index is 755. The van der Waals surface area contributed by atoms with Gasteiger partial charge in [-0.05, 0) is 18.6 Å². The molecule has 6 nitrogen and oxygen atoms in total. The van der Waals surface area contributed by atoms with E-state index in [4.69, 9.17) is 0 Å². The summed E-state index contributed by atoms with van der Waals surface area (Å²) < 4.78 is 2.09. The summed E-state index contributed by atoms with van der Waals surface area (Å²) in [6.07, 6.45) is 5.80. The van der Waals surface area contributed by atoms with Crippen molar-refractivity contribution in [2.45, 2.75) is 31.8 Å². The van der Waals surface area contributed by atoms with Gasteiger partial charge in [0.1, 0.15) is 5.82 Å². The highest BCUT2D eigenvalue weighted by Gasteiger charge is 2.36. The maximum atomic E-state index is 12.6. The van der Waals surface area contributed by atoms with Crippen LogP contribution in [-0.2, 0) is 22.6 Å². The summed E-state index contributed by atoms with van der Waals surface area (Å²) in [6.45, 7) is 1.21. The highest BCUT2D eigenvalue weighted by Crippen LogP contribution is 2.25. The molecular weight excluding hydrogens is 304 g/mol. The predicted molar refractivity (Wildman–Crippen MR) is 89.4 cm³/mol.